The van der Waals surface area contributed by atoms with Crippen LogP contribution in [0.4, 0.5) is 5.95 Å². The summed E-state index contributed by atoms with van der Waals surface area (Å²) < 4.78 is 1.73. The Balaban J connectivity index is 1.57. The first-order valence-corrected chi connectivity index (χ1v) is 15.1. The molecule has 3 heterocycles. The van der Waals surface area contributed by atoms with Gasteiger partial charge >= 0.3 is 0 Å². The maximum absolute atomic E-state index is 13.9. The van der Waals surface area contributed by atoms with E-state index in [2.05, 4.69) is 29.0 Å². The number of aryl methyl sites for hydroxylation is 1. The lowest BCUT2D eigenvalue weighted by Crippen LogP contribution is -2.40. The van der Waals surface area contributed by atoms with Gasteiger partial charge in [-0.1, -0.05) is 43.6 Å². The zero-order chi connectivity index (χ0) is 29.2. The normalized spacial score (nSPS) is 15.3. The number of pyridine rings is 1. The number of hydrogen-bond acceptors (Lipinski definition) is 7. The molecule has 4 rings (SSSR count). The first-order chi connectivity index (χ1) is 19.9. The smallest absolute Gasteiger partial charge is 0.260 e. The van der Waals surface area contributed by atoms with E-state index in [1.165, 1.54) is 0 Å². The minimum atomic E-state index is -0.150. The van der Waals surface area contributed by atoms with E-state index in [1.54, 1.807) is 21.7 Å². The van der Waals surface area contributed by atoms with Gasteiger partial charge in [-0.2, -0.15) is 10.2 Å². The average Bonchev–Trinajstić information content (AvgIpc) is 2.99. The average molecular weight is 578 g/mol. The number of nitrogens with one attached hydrogen (secondary N) is 1. The lowest BCUT2D eigenvalue weighted by molar-refractivity contribution is -0.132. The number of hydrogen-bond donors (Lipinski definition) is 1. The molecule has 0 bridgehead atoms. The van der Waals surface area contributed by atoms with Gasteiger partial charge in [0.2, 0.25) is 11.9 Å². The van der Waals surface area contributed by atoms with Crippen molar-refractivity contribution in [1.82, 2.24) is 24.3 Å². The molecule has 0 saturated carbocycles. The molecule has 41 heavy (non-hydrogen) atoms. The van der Waals surface area contributed by atoms with Gasteiger partial charge in [0.25, 0.3) is 5.56 Å². The zero-order valence-corrected chi connectivity index (χ0v) is 24.9. The molecular formula is C31H40ClN7O2. The number of likely N-dealkylation sites (tertiary alicyclic amines) is 1. The second-order valence-corrected chi connectivity index (χ2v) is 11.0. The summed E-state index contributed by atoms with van der Waals surface area (Å²) in [5.74, 6) is 0.619. The Morgan fingerprint density at radius 3 is 2.78 bits per heavy atom. The highest BCUT2D eigenvalue weighted by molar-refractivity contribution is 6.33. The fraction of sp³-hybridized carbons (Fsp3) is 0.516. The van der Waals surface area contributed by atoms with Crippen LogP contribution in [0.15, 0.2) is 41.3 Å². The van der Waals surface area contributed by atoms with E-state index >= 15 is 0 Å². The van der Waals surface area contributed by atoms with E-state index in [4.69, 9.17) is 21.8 Å². The van der Waals surface area contributed by atoms with E-state index in [0.29, 0.717) is 47.4 Å². The summed E-state index contributed by atoms with van der Waals surface area (Å²) in [7, 11) is 0. The van der Waals surface area contributed by atoms with Crippen molar-refractivity contribution < 1.29 is 4.79 Å². The Labute approximate surface area is 247 Å². The van der Waals surface area contributed by atoms with Crippen molar-refractivity contribution in [3.63, 3.8) is 0 Å². The Bertz CT molecular complexity index is 1430. The number of piperidine rings is 1. The van der Waals surface area contributed by atoms with Gasteiger partial charge in [-0.25, -0.2) is 4.98 Å². The number of aromatic nitrogens is 3. The van der Waals surface area contributed by atoms with Gasteiger partial charge in [-0.05, 0) is 69.8 Å². The van der Waals surface area contributed by atoms with Gasteiger partial charge in [0.1, 0.15) is 12.1 Å². The summed E-state index contributed by atoms with van der Waals surface area (Å²) >= 11 is 6.50. The lowest BCUT2D eigenvalue weighted by atomic mass is 9.94. The minimum absolute atomic E-state index is 0.0984. The van der Waals surface area contributed by atoms with E-state index in [1.807, 2.05) is 30.3 Å². The molecule has 218 valence electrons. The number of carbonyl (C=O) groups is 1. The summed E-state index contributed by atoms with van der Waals surface area (Å²) in [4.78, 5) is 39.8. The molecule has 1 N–H and O–H groups in total. The largest absolute Gasteiger partial charge is 0.354 e. The Morgan fingerprint density at radius 2 is 2.02 bits per heavy atom. The van der Waals surface area contributed by atoms with Crippen LogP contribution in [0.1, 0.15) is 52.4 Å². The van der Waals surface area contributed by atoms with Gasteiger partial charge in [-0.3, -0.25) is 14.2 Å². The number of anilines is 1. The molecule has 0 aliphatic carbocycles. The van der Waals surface area contributed by atoms with E-state index in [9.17, 15) is 9.59 Å². The third-order valence-corrected chi connectivity index (χ3v) is 8.26. The van der Waals surface area contributed by atoms with Gasteiger partial charge in [0.15, 0.2) is 0 Å². The van der Waals surface area contributed by atoms with Crippen LogP contribution in [0.3, 0.4) is 0 Å². The second-order valence-electron chi connectivity index (χ2n) is 10.6. The number of carbonyl (C=O) groups excluding carboxylic acids is 1. The number of benzene rings is 1. The minimum Gasteiger partial charge on any atom is -0.354 e. The zero-order valence-electron chi connectivity index (χ0n) is 24.1. The monoisotopic (exact) mass is 577 g/mol. The molecule has 2 aromatic heterocycles. The SMILES string of the molecule is CCN(CC)CCCCNc1ncc2cc(-c3ccccc3Cl)c(=O)n(CCC3CCCN(C(=O)CC#N)C3)c2n1. The number of nitrogens with zero attached hydrogens (tertiary/aromatic N) is 6. The van der Waals surface area contributed by atoms with Crippen molar-refractivity contribution in [3.05, 3.63) is 51.9 Å². The number of halogens is 1. The Hall–Kier alpha value is -3.48. The molecule has 3 aromatic rings. The summed E-state index contributed by atoms with van der Waals surface area (Å²) in [5.41, 5.74) is 1.62. The quantitative estimate of drug-likeness (QED) is 0.279. The molecule has 1 amide bonds. The first kappa shape index (κ1) is 30.5. The molecule has 10 heteroatoms. The van der Waals surface area contributed by atoms with E-state index in [0.717, 1.165) is 63.7 Å². The molecule has 1 aromatic carbocycles. The predicted octanol–water partition coefficient (Wildman–Crippen LogP) is 5.19. The maximum Gasteiger partial charge on any atom is 0.260 e. The van der Waals surface area contributed by atoms with Gasteiger partial charge in [0.05, 0.1) is 6.07 Å². The van der Waals surface area contributed by atoms with Crippen molar-refractivity contribution in [3.8, 4) is 17.2 Å². The number of fused-ring (bicyclic) bond motifs is 1. The maximum atomic E-state index is 13.9. The molecule has 0 radical (unpaired) electrons. The van der Waals surface area contributed by atoms with Crippen LogP contribution in [0, 0.1) is 17.2 Å². The fourth-order valence-electron chi connectivity index (χ4n) is 5.54. The molecule has 9 nitrogen and oxygen atoms in total. The van der Waals surface area contributed by atoms with Crippen LogP contribution in [-0.2, 0) is 11.3 Å². The fourth-order valence-corrected chi connectivity index (χ4v) is 5.78. The number of nitriles is 1. The first-order valence-electron chi connectivity index (χ1n) is 14.7. The number of rotatable bonds is 13. The second kappa shape index (κ2) is 14.9. The van der Waals surface area contributed by atoms with Crippen LogP contribution in [0.2, 0.25) is 5.02 Å². The van der Waals surface area contributed by atoms with Crippen molar-refractivity contribution in [1.29, 1.82) is 5.26 Å². The highest BCUT2D eigenvalue weighted by Crippen LogP contribution is 2.28. The van der Waals surface area contributed by atoms with Gasteiger partial charge in [0, 0.05) is 53.9 Å². The van der Waals surface area contributed by atoms with Crippen LogP contribution < -0.4 is 10.9 Å². The topological polar surface area (TPSA) is 107 Å². The molecule has 1 saturated heterocycles. The molecule has 1 aliphatic heterocycles. The molecule has 1 aliphatic rings. The highest BCUT2D eigenvalue weighted by atomic mass is 35.5. The van der Waals surface area contributed by atoms with Crippen LogP contribution in [-0.4, -0.2) is 69.5 Å². The molecule has 0 spiro atoms. The van der Waals surface area contributed by atoms with Crippen LogP contribution >= 0.6 is 11.6 Å². The van der Waals surface area contributed by atoms with Crippen molar-refractivity contribution >= 4 is 34.5 Å². The summed E-state index contributed by atoms with van der Waals surface area (Å²) in [6, 6.07) is 11.1. The van der Waals surface area contributed by atoms with E-state index < -0.39 is 0 Å². The van der Waals surface area contributed by atoms with E-state index in [-0.39, 0.29) is 23.8 Å². The van der Waals surface area contributed by atoms with Crippen molar-refractivity contribution in [2.75, 3.05) is 44.6 Å². The third-order valence-electron chi connectivity index (χ3n) is 7.93. The molecule has 1 fully saturated rings. The molecule has 1 unspecified atom stereocenters. The number of unbranched alkanes of at least 4 members (excludes halogenated alkanes) is 1. The van der Waals surface area contributed by atoms with Crippen LogP contribution in [0.5, 0.6) is 0 Å². The number of amides is 1. The summed E-state index contributed by atoms with van der Waals surface area (Å²) in [6.45, 7) is 10.0. The van der Waals surface area contributed by atoms with Gasteiger partial charge < -0.3 is 15.1 Å². The summed E-state index contributed by atoms with van der Waals surface area (Å²) in [6.07, 6.45) is 6.33. The Morgan fingerprint density at radius 1 is 1.22 bits per heavy atom. The molecular weight excluding hydrogens is 538 g/mol. The van der Waals surface area contributed by atoms with Crippen molar-refractivity contribution in [2.24, 2.45) is 5.92 Å². The van der Waals surface area contributed by atoms with Crippen LogP contribution in [0.25, 0.3) is 22.2 Å². The third kappa shape index (κ3) is 7.84. The lowest BCUT2D eigenvalue weighted by Gasteiger charge is -2.32. The van der Waals surface area contributed by atoms with Gasteiger partial charge in [-0.15, -0.1) is 0 Å². The summed E-state index contributed by atoms with van der Waals surface area (Å²) in [5, 5.41) is 13.6. The highest BCUT2D eigenvalue weighted by Gasteiger charge is 2.24. The predicted molar refractivity (Wildman–Crippen MR) is 164 cm³/mol. The Kier molecular flexibility index (Phi) is 11.1. The molecule has 1 atom stereocenters. The van der Waals surface area contributed by atoms with Crippen molar-refractivity contribution in [2.45, 2.75) is 58.9 Å². The standard InChI is InChI=1S/C31H40ClN7O2/c1-3-37(4-2)17-8-7-16-34-31-35-21-24-20-26(25-11-5-6-12-27(25)32)30(41)39(29(24)36-31)19-14-23-10-9-18-38(22-23)28(40)13-15-33/h5-6,11-12,20-21,23H,3-4,7-10,13-14,16-19,22H2,1-2H3,(H,34,35,36).